The molecule has 12 heteroatoms. The molecule has 1 saturated heterocycles. The van der Waals surface area contributed by atoms with Gasteiger partial charge >= 0.3 is 0 Å². The van der Waals surface area contributed by atoms with Gasteiger partial charge in [0.2, 0.25) is 11.8 Å². The third-order valence-corrected chi connectivity index (χ3v) is 6.47. The van der Waals surface area contributed by atoms with Crippen LogP contribution in [0.5, 0.6) is 5.88 Å². The molecule has 1 aliphatic rings. The number of ether oxygens (including phenoxy) is 2. The minimum atomic E-state index is -1.42. The van der Waals surface area contributed by atoms with Crippen molar-refractivity contribution in [1.82, 2.24) is 29.7 Å². The first-order valence-corrected chi connectivity index (χ1v) is 13.2. The van der Waals surface area contributed by atoms with Gasteiger partial charge in [-0.05, 0) is 52.2 Å². The molecule has 3 aromatic rings. The number of pyridine rings is 1. The summed E-state index contributed by atoms with van der Waals surface area (Å²) in [5, 5.41) is 16.4. The monoisotopic (exact) mass is 517 g/mol. The average molecular weight is 518 g/mol. The van der Waals surface area contributed by atoms with E-state index in [1.165, 1.54) is 0 Å². The van der Waals surface area contributed by atoms with Crippen LogP contribution >= 0.6 is 0 Å². The number of anilines is 1. The Labute approximate surface area is 214 Å². The molecular formula is C24H35N7O4S. The van der Waals surface area contributed by atoms with Crippen LogP contribution in [0.4, 0.5) is 5.95 Å². The van der Waals surface area contributed by atoms with E-state index < -0.39 is 11.0 Å². The van der Waals surface area contributed by atoms with Crippen molar-refractivity contribution >= 4 is 16.9 Å². The molecule has 4 rings (SSSR count). The lowest BCUT2D eigenvalue weighted by Crippen LogP contribution is -2.24. The van der Waals surface area contributed by atoms with Crippen molar-refractivity contribution in [3.8, 4) is 17.4 Å². The molecule has 1 fully saturated rings. The lowest BCUT2D eigenvalue weighted by Gasteiger charge is -2.16. The first-order chi connectivity index (χ1) is 17.3. The van der Waals surface area contributed by atoms with Crippen molar-refractivity contribution in [2.75, 3.05) is 18.4 Å². The third kappa shape index (κ3) is 8.04. The van der Waals surface area contributed by atoms with Crippen LogP contribution in [0.2, 0.25) is 0 Å². The van der Waals surface area contributed by atoms with Crippen LogP contribution in [-0.2, 0) is 28.7 Å². The van der Waals surface area contributed by atoms with Gasteiger partial charge < -0.3 is 14.6 Å². The van der Waals surface area contributed by atoms with Gasteiger partial charge in [-0.2, -0.15) is 0 Å². The summed E-state index contributed by atoms with van der Waals surface area (Å²) >= 11 is 0. The second-order valence-electron chi connectivity index (χ2n) is 8.84. The second kappa shape index (κ2) is 13.4. The van der Waals surface area contributed by atoms with E-state index in [1.54, 1.807) is 39.4 Å². The van der Waals surface area contributed by atoms with Gasteiger partial charge in [-0.1, -0.05) is 6.07 Å². The highest BCUT2D eigenvalue weighted by Gasteiger charge is 2.24. The SMILES string of the molecule is CC(C)O.COc1cccc(-c2nnc(NS(=O)C(C)Cc3ncc(C)cn3)n2CC2CCCO2)n1. The lowest BCUT2D eigenvalue weighted by atomic mass is 10.2. The molecule has 0 aliphatic carbocycles. The zero-order valence-electron chi connectivity index (χ0n) is 21.4. The van der Waals surface area contributed by atoms with Crippen molar-refractivity contribution in [1.29, 1.82) is 0 Å². The van der Waals surface area contributed by atoms with E-state index in [4.69, 9.17) is 14.6 Å². The Morgan fingerprint density at radius 2 is 1.97 bits per heavy atom. The summed E-state index contributed by atoms with van der Waals surface area (Å²) in [6, 6.07) is 5.46. The fourth-order valence-corrected chi connectivity index (χ4v) is 4.27. The van der Waals surface area contributed by atoms with E-state index in [0.29, 0.717) is 42.1 Å². The number of hydrogen-bond donors (Lipinski definition) is 2. The van der Waals surface area contributed by atoms with E-state index in [0.717, 1.165) is 25.0 Å². The molecule has 3 atom stereocenters. The van der Waals surface area contributed by atoms with Gasteiger partial charge in [0.1, 0.15) is 22.5 Å². The smallest absolute Gasteiger partial charge is 0.236 e. The molecule has 0 radical (unpaired) electrons. The fourth-order valence-electron chi connectivity index (χ4n) is 3.43. The normalized spacial score (nSPS) is 16.8. The molecule has 0 spiro atoms. The molecule has 3 unspecified atom stereocenters. The Kier molecular flexibility index (Phi) is 10.3. The number of aryl methyl sites for hydroxylation is 1. The summed E-state index contributed by atoms with van der Waals surface area (Å²) in [6.45, 7) is 8.54. The van der Waals surface area contributed by atoms with Gasteiger partial charge in [0.15, 0.2) is 5.82 Å². The van der Waals surface area contributed by atoms with E-state index in [-0.39, 0.29) is 17.5 Å². The van der Waals surface area contributed by atoms with Gasteiger partial charge in [0.25, 0.3) is 0 Å². The molecule has 196 valence electrons. The van der Waals surface area contributed by atoms with Gasteiger partial charge in [-0.15, -0.1) is 10.2 Å². The van der Waals surface area contributed by atoms with Gasteiger partial charge in [-0.3, -0.25) is 9.29 Å². The number of methoxy groups -OCH3 is 1. The van der Waals surface area contributed by atoms with E-state index >= 15 is 0 Å². The zero-order chi connectivity index (χ0) is 26.1. The maximum Gasteiger partial charge on any atom is 0.236 e. The Morgan fingerprint density at radius 1 is 1.25 bits per heavy atom. The van der Waals surface area contributed by atoms with Crippen LogP contribution in [-0.4, -0.2) is 70.2 Å². The van der Waals surface area contributed by atoms with Gasteiger partial charge in [0.05, 0.1) is 25.0 Å². The highest BCUT2D eigenvalue weighted by atomic mass is 32.2. The molecule has 1 aliphatic heterocycles. The first kappa shape index (κ1) is 27.6. The minimum Gasteiger partial charge on any atom is -0.481 e. The Morgan fingerprint density at radius 3 is 2.61 bits per heavy atom. The predicted molar refractivity (Wildman–Crippen MR) is 138 cm³/mol. The maximum absolute atomic E-state index is 13.0. The molecule has 4 heterocycles. The van der Waals surface area contributed by atoms with Crippen LogP contribution < -0.4 is 9.46 Å². The zero-order valence-corrected chi connectivity index (χ0v) is 22.2. The Hall–Kier alpha value is -2.96. The number of aromatic nitrogens is 6. The van der Waals surface area contributed by atoms with Crippen molar-refractivity contribution in [2.45, 2.75) is 71.0 Å². The van der Waals surface area contributed by atoms with Crippen LogP contribution in [0, 0.1) is 6.92 Å². The Bertz CT molecular complexity index is 1120. The van der Waals surface area contributed by atoms with E-state index in [9.17, 15) is 4.21 Å². The maximum atomic E-state index is 13.0. The number of aliphatic hydroxyl groups excluding tert-OH is 1. The van der Waals surface area contributed by atoms with E-state index in [1.807, 2.05) is 30.5 Å². The standard InChI is InChI=1S/C21H27N7O3S.C3H8O/c1-14-11-22-18(23-12-14)10-15(2)32(29)27-21-26-25-20(17-7-4-8-19(24-17)30-3)28(21)13-16-6-5-9-31-16;1-3(2)4/h4,7-8,11-12,15-16H,5-6,9-10,13H2,1-3H3,(H,26,27);3-4H,1-2H3. The number of nitrogens with one attached hydrogen (secondary N) is 1. The first-order valence-electron chi connectivity index (χ1n) is 12.0. The number of rotatable bonds is 9. The van der Waals surface area contributed by atoms with E-state index in [2.05, 4.69) is 29.9 Å². The summed E-state index contributed by atoms with van der Waals surface area (Å²) in [5.74, 6) is 2.11. The largest absolute Gasteiger partial charge is 0.481 e. The number of hydrogen-bond acceptors (Lipinski definition) is 9. The summed E-state index contributed by atoms with van der Waals surface area (Å²) < 4.78 is 29.0. The van der Waals surface area contributed by atoms with Crippen LogP contribution in [0.3, 0.4) is 0 Å². The minimum absolute atomic E-state index is 0.0442. The molecule has 0 aromatic carbocycles. The van der Waals surface area contributed by atoms with Crippen molar-refractivity contribution in [2.24, 2.45) is 0 Å². The van der Waals surface area contributed by atoms with Crippen LogP contribution in [0.25, 0.3) is 11.5 Å². The van der Waals surface area contributed by atoms with Crippen LogP contribution in [0.1, 0.15) is 45.0 Å². The summed E-state index contributed by atoms with van der Waals surface area (Å²) in [7, 11) is 0.145. The summed E-state index contributed by atoms with van der Waals surface area (Å²) in [5.41, 5.74) is 1.61. The third-order valence-electron chi connectivity index (χ3n) is 5.18. The molecule has 2 N–H and O–H groups in total. The lowest BCUT2D eigenvalue weighted by molar-refractivity contribution is 0.0977. The second-order valence-corrected chi connectivity index (χ2v) is 10.4. The highest BCUT2D eigenvalue weighted by molar-refractivity contribution is 7.86. The fraction of sp³-hybridized carbons (Fsp3) is 0.542. The molecule has 0 bridgehead atoms. The molecule has 36 heavy (non-hydrogen) atoms. The molecule has 0 saturated carbocycles. The molecule has 11 nitrogen and oxygen atoms in total. The van der Waals surface area contributed by atoms with Gasteiger partial charge in [-0.25, -0.2) is 19.2 Å². The highest BCUT2D eigenvalue weighted by Crippen LogP contribution is 2.25. The molecule has 3 aromatic heterocycles. The van der Waals surface area contributed by atoms with Gasteiger partial charge in [0, 0.05) is 37.6 Å². The topological polar surface area (TPSA) is 137 Å². The number of nitrogens with zero attached hydrogens (tertiary/aromatic N) is 6. The molecule has 0 amide bonds. The summed E-state index contributed by atoms with van der Waals surface area (Å²) in [4.78, 5) is 13.1. The van der Waals surface area contributed by atoms with Crippen molar-refractivity contribution in [3.63, 3.8) is 0 Å². The van der Waals surface area contributed by atoms with Crippen LogP contribution in [0.15, 0.2) is 30.6 Å². The quantitative estimate of drug-likeness (QED) is 0.439. The number of aliphatic hydroxyl groups is 1. The Balaban J connectivity index is 0.000000840. The summed E-state index contributed by atoms with van der Waals surface area (Å²) in [6.07, 6.45) is 5.84. The predicted octanol–water partition coefficient (Wildman–Crippen LogP) is 2.72. The molecular weight excluding hydrogens is 482 g/mol. The van der Waals surface area contributed by atoms with Crippen molar-refractivity contribution < 1.29 is 18.8 Å². The van der Waals surface area contributed by atoms with Crippen molar-refractivity contribution in [3.05, 3.63) is 42.0 Å². The average Bonchev–Trinajstić information content (AvgIpc) is 3.51.